The molecule has 0 fully saturated rings. The molecule has 1 aromatic heterocycles. The van der Waals surface area contributed by atoms with E-state index in [-0.39, 0.29) is 12.4 Å². The normalized spacial score (nSPS) is 9.69. The van der Waals surface area contributed by atoms with E-state index in [0.717, 1.165) is 4.47 Å². The molecule has 0 aliphatic rings. The summed E-state index contributed by atoms with van der Waals surface area (Å²) < 4.78 is 5.29. The molecule has 70 valence electrons. The topological polar surface area (TPSA) is 65.2 Å². The summed E-state index contributed by atoms with van der Waals surface area (Å²) in [7, 11) is 1.34. The van der Waals surface area contributed by atoms with Crippen molar-refractivity contribution in [1.29, 1.82) is 0 Å². The van der Waals surface area contributed by atoms with E-state index in [1.165, 1.54) is 7.11 Å². The number of nitrogen functional groups attached to an aromatic ring is 1. The molecule has 0 aromatic carbocycles. The quantitative estimate of drug-likeness (QED) is 0.793. The molecule has 5 heteroatoms. The lowest BCUT2D eigenvalue weighted by molar-refractivity contribution is -0.139. The number of aromatic nitrogens is 1. The van der Waals surface area contributed by atoms with Crippen LogP contribution in [0.4, 0.5) is 5.82 Å². The maximum atomic E-state index is 11.0. The third kappa shape index (κ3) is 2.42. The SMILES string of the molecule is COC(=O)Cc1c(Br)ccnc1N. The molecule has 4 nitrogen and oxygen atoms in total. The summed E-state index contributed by atoms with van der Waals surface area (Å²) in [6, 6.07) is 1.73. The fourth-order valence-corrected chi connectivity index (χ4v) is 1.34. The Morgan fingerprint density at radius 3 is 3.00 bits per heavy atom. The Bertz CT molecular complexity index is 308. The maximum absolute atomic E-state index is 11.0. The lowest BCUT2D eigenvalue weighted by atomic mass is 10.2. The summed E-state index contributed by atoms with van der Waals surface area (Å²) in [5, 5.41) is 0. The highest BCUT2D eigenvalue weighted by atomic mass is 79.9. The number of rotatable bonds is 2. The number of hydrogen-bond donors (Lipinski definition) is 1. The molecule has 0 saturated carbocycles. The summed E-state index contributed by atoms with van der Waals surface area (Å²) in [6.45, 7) is 0. The molecule has 13 heavy (non-hydrogen) atoms. The van der Waals surface area contributed by atoms with E-state index in [1.54, 1.807) is 12.3 Å². The van der Waals surface area contributed by atoms with Gasteiger partial charge in [-0.2, -0.15) is 0 Å². The van der Waals surface area contributed by atoms with Gasteiger partial charge in [0.2, 0.25) is 0 Å². The number of anilines is 1. The van der Waals surface area contributed by atoms with E-state index in [4.69, 9.17) is 5.73 Å². The molecule has 0 saturated heterocycles. The van der Waals surface area contributed by atoms with Gasteiger partial charge in [0, 0.05) is 16.2 Å². The number of carbonyl (C=O) groups is 1. The Balaban J connectivity index is 2.93. The van der Waals surface area contributed by atoms with Crippen LogP contribution in [0.1, 0.15) is 5.56 Å². The predicted octanol–water partition coefficient (Wildman–Crippen LogP) is 1.14. The van der Waals surface area contributed by atoms with E-state index in [1.807, 2.05) is 0 Å². The molecule has 0 aliphatic heterocycles. The van der Waals surface area contributed by atoms with Crippen molar-refractivity contribution < 1.29 is 9.53 Å². The van der Waals surface area contributed by atoms with Crippen LogP contribution in [0.3, 0.4) is 0 Å². The predicted molar refractivity (Wildman–Crippen MR) is 52.1 cm³/mol. The van der Waals surface area contributed by atoms with E-state index >= 15 is 0 Å². The van der Waals surface area contributed by atoms with Gasteiger partial charge in [0.1, 0.15) is 5.82 Å². The number of hydrogen-bond acceptors (Lipinski definition) is 4. The number of ether oxygens (including phenoxy) is 1. The van der Waals surface area contributed by atoms with Crippen molar-refractivity contribution >= 4 is 27.7 Å². The first-order chi connectivity index (χ1) is 6.15. The lowest BCUT2D eigenvalue weighted by Crippen LogP contribution is -2.08. The van der Waals surface area contributed by atoms with Crippen LogP contribution < -0.4 is 5.73 Å². The van der Waals surface area contributed by atoms with Crippen molar-refractivity contribution in [1.82, 2.24) is 4.98 Å². The van der Waals surface area contributed by atoms with Crippen molar-refractivity contribution in [3.05, 3.63) is 22.3 Å². The third-order valence-electron chi connectivity index (χ3n) is 1.58. The molecular formula is C8H9BrN2O2. The van der Waals surface area contributed by atoms with Crippen molar-refractivity contribution in [2.75, 3.05) is 12.8 Å². The van der Waals surface area contributed by atoms with Gasteiger partial charge in [0.05, 0.1) is 13.5 Å². The minimum Gasteiger partial charge on any atom is -0.469 e. The van der Waals surface area contributed by atoms with Crippen LogP contribution in [0, 0.1) is 0 Å². The number of carbonyl (C=O) groups excluding carboxylic acids is 1. The number of nitrogens with zero attached hydrogens (tertiary/aromatic N) is 1. The van der Waals surface area contributed by atoms with Crippen LogP contribution in [0.15, 0.2) is 16.7 Å². The standard InChI is InChI=1S/C8H9BrN2O2/c1-13-7(12)4-5-6(9)2-3-11-8(5)10/h2-3H,4H2,1H3,(H2,10,11). The Labute approximate surface area is 84.2 Å². The summed E-state index contributed by atoms with van der Waals surface area (Å²) >= 11 is 3.28. The van der Waals surface area contributed by atoms with Crippen LogP contribution >= 0.6 is 15.9 Å². The van der Waals surface area contributed by atoms with E-state index in [0.29, 0.717) is 11.4 Å². The summed E-state index contributed by atoms with van der Waals surface area (Å²) in [5.74, 6) is 0.0141. The summed E-state index contributed by atoms with van der Waals surface area (Å²) in [6.07, 6.45) is 1.71. The van der Waals surface area contributed by atoms with Crippen molar-refractivity contribution in [2.45, 2.75) is 6.42 Å². The van der Waals surface area contributed by atoms with Crippen molar-refractivity contribution in [3.63, 3.8) is 0 Å². The van der Waals surface area contributed by atoms with Gasteiger partial charge in [-0.05, 0) is 6.07 Å². The highest BCUT2D eigenvalue weighted by Gasteiger charge is 2.10. The number of halogens is 1. The largest absolute Gasteiger partial charge is 0.469 e. The number of esters is 1. The highest BCUT2D eigenvalue weighted by Crippen LogP contribution is 2.20. The molecule has 0 aliphatic carbocycles. The van der Waals surface area contributed by atoms with Gasteiger partial charge < -0.3 is 10.5 Å². The van der Waals surface area contributed by atoms with Crippen LogP contribution in [0.5, 0.6) is 0 Å². The Morgan fingerprint density at radius 2 is 2.46 bits per heavy atom. The van der Waals surface area contributed by atoms with Crippen molar-refractivity contribution in [2.24, 2.45) is 0 Å². The molecule has 1 heterocycles. The average molecular weight is 245 g/mol. The molecule has 0 atom stereocenters. The number of nitrogens with two attached hydrogens (primary N) is 1. The molecule has 2 N–H and O–H groups in total. The Hall–Kier alpha value is -1.10. The Morgan fingerprint density at radius 1 is 1.77 bits per heavy atom. The van der Waals surface area contributed by atoms with Crippen LogP contribution in [-0.2, 0) is 16.0 Å². The van der Waals surface area contributed by atoms with Gasteiger partial charge in [0.25, 0.3) is 0 Å². The van der Waals surface area contributed by atoms with Gasteiger partial charge in [0.15, 0.2) is 0 Å². The zero-order valence-electron chi connectivity index (χ0n) is 7.08. The fraction of sp³-hybridized carbons (Fsp3) is 0.250. The fourth-order valence-electron chi connectivity index (χ4n) is 0.875. The first kappa shape index (κ1) is 9.98. The molecule has 0 amide bonds. The van der Waals surface area contributed by atoms with Gasteiger partial charge in [-0.3, -0.25) is 4.79 Å². The average Bonchev–Trinajstić information content (AvgIpc) is 2.11. The molecule has 0 unspecified atom stereocenters. The minimum atomic E-state index is -0.333. The second-order valence-electron chi connectivity index (χ2n) is 2.41. The first-order valence-electron chi connectivity index (χ1n) is 3.61. The molecular weight excluding hydrogens is 236 g/mol. The molecule has 0 spiro atoms. The summed E-state index contributed by atoms with van der Waals surface area (Å²) in [5.41, 5.74) is 6.24. The highest BCUT2D eigenvalue weighted by molar-refractivity contribution is 9.10. The van der Waals surface area contributed by atoms with Gasteiger partial charge >= 0.3 is 5.97 Å². The number of pyridine rings is 1. The van der Waals surface area contributed by atoms with Gasteiger partial charge in [-0.25, -0.2) is 4.98 Å². The molecule has 1 aromatic rings. The zero-order chi connectivity index (χ0) is 9.84. The van der Waals surface area contributed by atoms with Crippen LogP contribution in [-0.4, -0.2) is 18.1 Å². The smallest absolute Gasteiger partial charge is 0.310 e. The van der Waals surface area contributed by atoms with Gasteiger partial charge in [-0.15, -0.1) is 0 Å². The van der Waals surface area contributed by atoms with Crippen LogP contribution in [0.25, 0.3) is 0 Å². The summed E-state index contributed by atoms with van der Waals surface area (Å²) in [4.78, 5) is 14.8. The number of methoxy groups -OCH3 is 1. The second kappa shape index (κ2) is 4.23. The van der Waals surface area contributed by atoms with E-state index < -0.39 is 0 Å². The van der Waals surface area contributed by atoms with Gasteiger partial charge in [-0.1, -0.05) is 15.9 Å². The second-order valence-corrected chi connectivity index (χ2v) is 3.26. The molecule has 1 rings (SSSR count). The lowest BCUT2D eigenvalue weighted by Gasteiger charge is -2.04. The molecule has 0 radical (unpaired) electrons. The Kier molecular flexibility index (Phi) is 3.25. The third-order valence-corrected chi connectivity index (χ3v) is 2.32. The van der Waals surface area contributed by atoms with E-state index in [9.17, 15) is 4.79 Å². The minimum absolute atomic E-state index is 0.136. The molecule has 0 bridgehead atoms. The van der Waals surface area contributed by atoms with Crippen LogP contribution in [0.2, 0.25) is 0 Å². The first-order valence-corrected chi connectivity index (χ1v) is 4.40. The van der Waals surface area contributed by atoms with Crippen molar-refractivity contribution in [3.8, 4) is 0 Å². The maximum Gasteiger partial charge on any atom is 0.310 e. The zero-order valence-corrected chi connectivity index (χ0v) is 8.67. The monoisotopic (exact) mass is 244 g/mol. The van der Waals surface area contributed by atoms with E-state index in [2.05, 4.69) is 25.7 Å².